The molecule has 0 atom stereocenters. The molecule has 1 fully saturated rings. The second-order valence-electron chi connectivity index (χ2n) is 5.93. The number of ether oxygens (including phenoxy) is 1. The van der Waals surface area contributed by atoms with E-state index in [9.17, 15) is 9.59 Å². The van der Waals surface area contributed by atoms with Crippen molar-refractivity contribution in [2.75, 3.05) is 6.54 Å². The minimum Gasteiger partial charge on any atom is -0.488 e. The second kappa shape index (κ2) is 9.23. The van der Waals surface area contributed by atoms with Gasteiger partial charge >= 0.3 is 5.97 Å². The molecule has 1 N–H and O–H groups in total. The fourth-order valence-corrected chi connectivity index (χ4v) is 3.94. The van der Waals surface area contributed by atoms with Gasteiger partial charge < -0.3 is 9.84 Å². The number of nitrogens with zero attached hydrogens (tertiary/aromatic N) is 1. The van der Waals surface area contributed by atoms with Crippen molar-refractivity contribution in [1.29, 1.82) is 0 Å². The summed E-state index contributed by atoms with van der Waals surface area (Å²) < 4.78 is 6.27. The third-order valence-corrected chi connectivity index (χ3v) is 5.57. The van der Waals surface area contributed by atoms with Crippen molar-refractivity contribution in [3.63, 3.8) is 0 Å². The van der Waals surface area contributed by atoms with E-state index in [0.29, 0.717) is 26.6 Å². The molecule has 0 bridgehead atoms. The minimum absolute atomic E-state index is 0.0616. The van der Waals surface area contributed by atoms with Gasteiger partial charge in [0.2, 0.25) is 0 Å². The van der Waals surface area contributed by atoms with E-state index in [-0.39, 0.29) is 18.9 Å². The molecule has 8 heteroatoms. The molecule has 1 heterocycles. The average molecular weight is 434 g/mol. The third kappa shape index (κ3) is 5.13. The Kier molecular flexibility index (Phi) is 6.72. The Morgan fingerprint density at radius 2 is 1.93 bits per heavy atom. The van der Waals surface area contributed by atoms with Gasteiger partial charge in [0.25, 0.3) is 5.91 Å². The Balaban J connectivity index is 1.75. The number of rotatable bonds is 7. The van der Waals surface area contributed by atoms with E-state index in [4.69, 9.17) is 33.7 Å². The van der Waals surface area contributed by atoms with Crippen LogP contribution in [0, 0.1) is 0 Å². The fraction of sp³-hybridized carbons (Fsp3) is 0.150. The van der Waals surface area contributed by atoms with E-state index in [1.54, 1.807) is 18.2 Å². The number of hydrogen-bond acceptors (Lipinski definition) is 5. The summed E-state index contributed by atoms with van der Waals surface area (Å²) in [4.78, 5) is 25.1. The van der Waals surface area contributed by atoms with E-state index >= 15 is 0 Å². The molecule has 0 unspecified atom stereocenters. The van der Waals surface area contributed by atoms with Crippen molar-refractivity contribution in [2.45, 2.75) is 13.0 Å². The SMILES string of the molecule is O=C(O)CCN1C(=O)/C(=C\c2ccccc2OCc2ccc(Cl)cc2)SC1=S. The Morgan fingerprint density at radius 1 is 1.21 bits per heavy atom. The van der Waals surface area contributed by atoms with Gasteiger partial charge in [-0.3, -0.25) is 14.5 Å². The summed E-state index contributed by atoms with van der Waals surface area (Å²) in [7, 11) is 0. The van der Waals surface area contributed by atoms with Gasteiger partial charge in [-0.2, -0.15) is 0 Å². The van der Waals surface area contributed by atoms with E-state index < -0.39 is 5.97 Å². The molecule has 0 radical (unpaired) electrons. The van der Waals surface area contributed by atoms with Crippen molar-refractivity contribution in [3.05, 3.63) is 69.6 Å². The first-order valence-electron chi connectivity index (χ1n) is 8.37. The molecule has 28 heavy (non-hydrogen) atoms. The second-order valence-corrected chi connectivity index (χ2v) is 8.04. The number of carbonyl (C=O) groups excluding carboxylic acids is 1. The molecule has 2 aromatic rings. The van der Waals surface area contributed by atoms with Crippen LogP contribution in [0.3, 0.4) is 0 Å². The molecule has 144 valence electrons. The maximum Gasteiger partial charge on any atom is 0.305 e. The molecule has 1 aliphatic heterocycles. The number of carboxylic acids is 1. The topological polar surface area (TPSA) is 66.8 Å². The molecule has 1 aliphatic rings. The van der Waals surface area contributed by atoms with Crippen molar-refractivity contribution in [3.8, 4) is 5.75 Å². The molecule has 0 saturated carbocycles. The molecule has 2 aromatic carbocycles. The maximum atomic E-state index is 12.6. The van der Waals surface area contributed by atoms with Crippen molar-refractivity contribution in [1.82, 2.24) is 4.90 Å². The number of carboxylic acid groups (broad SMARTS) is 1. The fourth-order valence-electron chi connectivity index (χ4n) is 2.51. The van der Waals surface area contributed by atoms with E-state index in [2.05, 4.69) is 0 Å². The van der Waals surface area contributed by atoms with Gasteiger partial charge in [-0.15, -0.1) is 0 Å². The smallest absolute Gasteiger partial charge is 0.305 e. The zero-order valence-corrected chi connectivity index (χ0v) is 17.0. The van der Waals surface area contributed by atoms with Crippen LogP contribution in [-0.4, -0.2) is 32.7 Å². The van der Waals surface area contributed by atoms with Gasteiger partial charge in [0.05, 0.1) is 11.3 Å². The van der Waals surface area contributed by atoms with Gasteiger partial charge in [-0.25, -0.2) is 0 Å². The highest BCUT2D eigenvalue weighted by Gasteiger charge is 2.32. The number of carbonyl (C=O) groups is 2. The monoisotopic (exact) mass is 433 g/mol. The van der Waals surface area contributed by atoms with E-state index in [1.165, 1.54) is 4.90 Å². The summed E-state index contributed by atoms with van der Waals surface area (Å²) >= 11 is 12.3. The predicted octanol–water partition coefficient (Wildman–Crippen LogP) is 4.59. The largest absolute Gasteiger partial charge is 0.488 e. The lowest BCUT2D eigenvalue weighted by molar-refractivity contribution is -0.137. The van der Waals surface area contributed by atoms with Crippen molar-refractivity contribution >= 4 is 57.9 Å². The van der Waals surface area contributed by atoms with Gasteiger partial charge in [0, 0.05) is 17.1 Å². The zero-order valence-electron chi connectivity index (χ0n) is 14.6. The van der Waals surface area contributed by atoms with Crippen LogP contribution in [0.25, 0.3) is 6.08 Å². The summed E-state index contributed by atoms with van der Waals surface area (Å²) in [6.07, 6.45) is 1.57. The van der Waals surface area contributed by atoms with Gasteiger partial charge in [-0.05, 0) is 29.8 Å². The highest BCUT2D eigenvalue weighted by atomic mass is 35.5. The quantitative estimate of drug-likeness (QED) is 0.508. The van der Waals surface area contributed by atoms with Crippen molar-refractivity contribution < 1.29 is 19.4 Å². The molecule has 0 spiro atoms. The number of hydrogen-bond donors (Lipinski definition) is 1. The number of thiocarbonyl (C=S) groups is 1. The lowest BCUT2D eigenvalue weighted by atomic mass is 10.1. The van der Waals surface area contributed by atoms with E-state index in [1.807, 2.05) is 36.4 Å². The van der Waals surface area contributed by atoms with Crippen LogP contribution in [0.5, 0.6) is 5.75 Å². The maximum absolute atomic E-state index is 12.6. The standard InChI is InChI=1S/C20H16ClNO4S2/c21-15-7-5-13(6-8-15)12-26-16-4-2-1-3-14(16)11-17-19(25)22(20(27)28-17)10-9-18(23)24/h1-8,11H,9-10,12H2,(H,23,24)/b17-11+. The number of benzene rings is 2. The zero-order chi connectivity index (χ0) is 20.1. The normalized spacial score (nSPS) is 15.3. The molecule has 1 amide bonds. The average Bonchev–Trinajstić information content (AvgIpc) is 2.93. The number of aliphatic carboxylic acids is 1. The Hall–Kier alpha value is -2.35. The summed E-state index contributed by atoms with van der Waals surface area (Å²) in [5, 5.41) is 9.49. The number of thioether (sulfide) groups is 1. The van der Waals surface area contributed by atoms with Gasteiger partial charge in [-0.1, -0.05) is 65.9 Å². The summed E-state index contributed by atoms with van der Waals surface area (Å²) in [5.41, 5.74) is 1.72. The van der Waals surface area contributed by atoms with Crippen LogP contribution in [0.4, 0.5) is 0 Å². The highest BCUT2D eigenvalue weighted by Crippen LogP contribution is 2.34. The van der Waals surface area contributed by atoms with Gasteiger partial charge in [0.1, 0.15) is 16.7 Å². The lowest BCUT2D eigenvalue weighted by Crippen LogP contribution is -2.30. The van der Waals surface area contributed by atoms with Gasteiger partial charge in [0.15, 0.2) is 0 Å². The van der Waals surface area contributed by atoms with Crippen LogP contribution in [0.15, 0.2) is 53.4 Å². The predicted molar refractivity (Wildman–Crippen MR) is 114 cm³/mol. The van der Waals surface area contributed by atoms with Crippen molar-refractivity contribution in [2.24, 2.45) is 0 Å². The first-order chi connectivity index (χ1) is 13.4. The lowest BCUT2D eigenvalue weighted by Gasteiger charge is -2.12. The molecular weight excluding hydrogens is 418 g/mol. The molecule has 0 aliphatic carbocycles. The number of amides is 1. The molecule has 0 aromatic heterocycles. The number of halogens is 1. The summed E-state index contributed by atoms with van der Waals surface area (Å²) in [5.74, 6) is -0.629. The van der Waals surface area contributed by atoms with Crippen LogP contribution in [-0.2, 0) is 16.2 Å². The summed E-state index contributed by atoms with van der Waals surface area (Å²) in [6, 6.07) is 14.8. The Morgan fingerprint density at radius 3 is 2.64 bits per heavy atom. The minimum atomic E-state index is -0.973. The Labute approximate surface area is 176 Å². The van der Waals surface area contributed by atoms with Crippen LogP contribution >= 0.6 is 35.6 Å². The first kappa shape index (κ1) is 20.4. The molecule has 3 rings (SSSR count). The Bertz CT molecular complexity index is 943. The van der Waals surface area contributed by atoms with E-state index in [0.717, 1.165) is 22.9 Å². The molecular formula is C20H16ClNO4S2. The van der Waals surface area contributed by atoms with Crippen LogP contribution in [0.1, 0.15) is 17.5 Å². The molecule has 1 saturated heterocycles. The van der Waals surface area contributed by atoms with Crippen LogP contribution < -0.4 is 4.74 Å². The highest BCUT2D eigenvalue weighted by molar-refractivity contribution is 8.26. The number of para-hydroxylation sites is 1. The first-order valence-corrected chi connectivity index (χ1v) is 9.98. The third-order valence-electron chi connectivity index (χ3n) is 3.94. The molecule has 5 nitrogen and oxygen atoms in total. The summed E-state index contributed by atoms with van der Waals surface area (Å²) in [6.45, 7) is 0.424. The van der Waals surface area contributed by atoms with Crippen LogP contribution in [0.2, 0.25) is 5.02 Å².